The van der Waals surface area contributed by atoms with Crippen molar-refractivity contribution in [3.05, 3.63) is 41.7 Å². The van der Waals surface area contributed by atoms with Crippen molar-refractivity contribution in [2.24, 2.45) is 0 Å². The fraction of sp³-hybridized carbons (Fsp3) is 0.435. The van der Waals surface area contributed by atoms with Crippen molar-refractivity contribution in [3.8, 4) is 0 Å². The van der Waals surface area contributed by atoms with E-state index in [1.54, 1.807) is 12.1 Å². The first kappa shape index (κ1) is 24.1. The molecular formula is C23H27N7O6. The number of benzene rings is 1. The van der Waals surface area contributed by atoms with Crippen molar-refractivity contribution in [2.75, 3.05) is 18.1 Å². The van der Waals surface area contributed by atoms with Crippen LogP contribution in [0, 0.1) is 0 Å². The molecule has 2 aromatic heterocycles. The number of carbonyl (C=O) groups excluding carboxylic acids is 2. The Labute approximate surface area is 205 Å². The van der Waals surface area contributed by atoms with E-state index in [9.17, 15) is 19.8 Å². The summed E-state index contributed by atoms with van der Waals surface area (Å²) in [7, 11) is 0. The van der Waals surface area contributed by atoms with E-state index in [1.165, 1.54) is 23.0 Å². The van der Waals surface area contributed by atoms with Gasteiger partial charge < -0.3 is 26.4 Å². The van der Waals surface area contributed by atoms with Crippen LogP contribution in [0.4, 0.5) is 11.8 Å². The number of amides is 2. The van der Waals surface area contributed by atoms with Gasteiger partial charge in [0.1, 0.15) is 17.7 Å². The van der Waals surface area contributed by atoms with Gasteiger partial charge in [0, 0.05) is 0 Å². The molecule has 0 aliphatic carbocycles. The van der Waals surface area contributed by atoms with Gasteiger partial charge in [-0.05, 0) is 25.0 Å². The van der Waals surface area contributed by atoms with Gasteiger partial charge in [-0.25, -0.2) is 4.98 Å². The van der Waals surface area contributed by atoms with Crippen molar-refractivity contribution in [1.29, 1.82) is 0 Å². The number of hydrogen-bond donors (Lipinski definition) is 4. The molecule has 5 rings (SSSR count). The monoisotopic (exact) mass is 497 g/mol. The predicted molar refractivity (Wildman–Crippen MR) is 126 cm³/mol. The Kier molecular flexibility index (Phi) is 6.08. The molecule has 4 atom stereocenters. The first-order valence-electron chi connectivity index (χ1n) is 11.7. The molecule has 6 N–H and O–H groups in total. The summed E-state index contributed by atoms with van der Waals surface area (Å²) in [6.07, 6.45) is 0.220. The van der Waals surface area contributed by atoms with Crippen LogP contribution in [0.25, 0.3) is 11.2 Å². The van der Waals surface area contributed by atoms with Gasteiger partial charge in [-0.3, -0.25) is 19.0 Å². The molecule has 0 bridgehead atoms. The number of nitrogens with two attached hydrogens (primary N) is 2. The van der Waals surface area contributed by atoms with Crippen molar-refractivity contribution in [2.45, 2.75) is 56.6 Å². The van der Waals surface area contributed by atoms with Crippen LogP contribution in [0.3, 0.4) is 0 Å². The van der Waals surface area contributed by atoms with Gasteiger partial charge in [-0.1, -0.05) is 31.9 Å². The summed E-state index contributed by atoms with van der Waals surface area (Å²) in [5.41, 5.74) is 11.2. The number of anilines is 2. The Morgan fingerprint density at radius 2 is 1.83 bits per heavy atom. The molecular weight excluding hydrogens is 470 g/mol. The Hall–Kier alpha value is -3.65. The number of nitrogens with zero attached hydrogens (tertiary/aromatic N) is 5. The van der Waals surface area contributed by atoms with Crippen molar-refractivity contribution >= 4 is 34.7 Å². The quantitative estimate of drug-likeness (QED) is 0.251. The molecule has 1 saturated heterocycles. The molecule has 2 amide bonds. The first-order chi connectivity index (χ1) is 17.3. The van der Waals surface area contributed by atoms with E-state index in [2.05, 4.69) is 15.0 Å². The van der Waals surface area contributed by atoms with Crippen LogP contribution in [-0.2, 0) is 15.3 Å². The molecule has 4 heterocycles. The number of ether oxygens (including phenoxy) is 1. The van der Waals surface area contributed by atoms with Gasteiger partial charge in [0.05, 0.1) is 24.1 Å². The zero-order valence-corrected chi connectivity index (χ0v) is 19.6. The van der Waals surface area contributed by atoms with E-state index in [0.29, 0.717) is 11.5 Å². The Morgan fingerprint density at radius 3 is 2.47 bits per heavy atom. The lowest BCUT2D eigenvalue weighted by molar-refractivity contribution is -0.223. The highest BCUT2D eigenvalue weighted by Crippen LogP contribution is 2.44. The number of aromatic nitrogens is 4. The molecule has 13 nitrogen and oxygen atoms in total. The number of fused-ring (bicyclic) bond motifs is 2. The molecule has 2 aliphatic heterocycles. The number of imide groups is 1. The molecule has 0 spiro atoms. The number of rotatable bonds is 8. The van der Waals surface area contributed by atoms with Crippen molar-refractivity contribution in [3.63, 3.8) is 0 Å². The minimum Gasteiger partial charge on any atom is -0.394 e. The van der Waals surface area contributed by atoms with Crippen LogP contribution in [-0.4, -0.2) is 71.5 Å². The van der Waals surface area contributed by atoms with Crippen LogP contribution in [0.1, 0.15) is 53.3 Å². The number of aliphatic hydroxyl groups is 2. The SMILES string of the molecule is CCCCC[C@@]1(n2cnc3c(N)nc(N)nc32)O[C@H](CO)[C@@H](O)[C@H]1ON1C(=O)c2ccccc2C1=O. The third-order valence-corrected chi connectivity index (χ3v) is 6.63. The van der Waals surface area contributed by atoms with E-state index in [1.807, 2.05) is 6.92 Å². The molecule has 1 aromatic carbocycles. The molecule has 13 heteroatoms. The van der Waals surface area contributed by atoms with Gasteiger partial charge >= 0.3 is 0 Å². The standard InChI is InChI=1S/C23H27N7O6/c1-2-3-6-9-23(29-11-26-15-18(24)27-22(25)28-19(15)29)17(16(32)14(10-31)35-23)36-30-20(33)12-7-4-5-8-13(12)21(30)34/h4-5,7-8,11,14,16-17,31-32H,2-3,6,9-10H2,1H3,(H4,24,25,27,28)/t14-,16-,17-,23-/m1/s1. The lowest BCUT2D eigenvalue weighted by Crippen LogP contribution is -2.51. The summed E-state index contributed by atoms with van der Waals surface area (Å²) in [5.74, 6) is -1.37. The smallest absolute Gasteiger partial charge is 0.285 e. The Balaban J connectivity index is 1.63. The second kappa shape index (κ2) is 9.09. The molecule has 1 fully saturated rings. The summed E-state index contributed by atoms with van der Waals surface area (Å²) in [6, 6.07) is 6.34. The summed E-state index contributed by atoms with van der Waals surface area (Å²) in [5, 5.41) is 21.8. The first-order valence-corrected chi connectivity index (χ1v) is 11.7. The highest BCUT2D eigenvalue weighted by Gasteiger charge is 2.59. The maximum atomic E-state index is 13.0. The predicted octanol–water partition coefficient (Wildman–Crippen LogP) is 0.572. The minimum atomic E-state index is -1.51. The van der Waals surface area contributed by atoms with Crippen LogP contribution >= 0.6 is 0 Å². The number of hydroxylamine groups is 2. The summed E-state index contributed by atoms with van der Waals surface area (Å²) in [4.78, 5) is 44.6. The van der Waals surface area contributed by atoms with E-state index in [4.69, 9.17) is 21.0 Å². The molecule has 0 radical (unpaired) electrons. The van der Waals surface area contributed by atoms with E-state index < -0.39 is 42.5 Å². The molecule has 3 aromatic rings. The number of unbranched alkanes of at least 4 members (excludes halogenated alkanes) is 2. The average molecular weight is 498 g/mol. The van der Waals surface area contributed by atoms with Crippen LogP contribution in [0.5, 0.6) is 0 Å². The maximum absolute atomic E-state index is 13.0. The number of imidazole rings is 1. The highest BCUT2D eigenvalue weighted by molar-refractivity contribution is 6.20. The van der Waals surface area contributed by atoms with Crippen molar-refractivity contribution < 1.29 is 29.4 Å². The summed E-state index contributed by atoms with van der Waals surface area (Å²) < 4.78 is 7.79. The third-order valence-electron chi connectivity index (χ3n) is 6.63. The second-order valence-electron chi connectivity index (χ2n) is 8.86. The lowest BCUT2D eigenvalue weighted by Gasteiger charge is -2.37. The van der Waals surface area contributed by atoms with Crippen molar-refractivity contribution in [1.82, 2.24) is 24.6 Å². The topological polar surface area (TPSA) is 192 Å². The minimum absolute atomic E-state index is 0.0510. The zero-order chi connectivity index (χ0) is 25.6. The van der Waals surface area contributed by atoms with Gasteiger partial charge in [0.15, 0.2) is 23.3 Å². The van der Waals surface area contributed by atoms with E-state index >= 15 is 0 Å². The largest absolute Gasteiger partial charge is 0.394 e. The van der Waals surface area contributed by atoms with Crippen LogP contribution in [0.2, 0.25) is 0 Å². The Bertz CT molecular complexity index is 1290. The zero-order valence-electron chi connectivity index (χ0n) is 19.6. The lowest BCUT2D eigenvalue weighted by atomic mass is 9.96. The molecule has 2 aliphatic rings. The third kappa shape index (κ3) is 3.59. The number of carbonyl (C=O) groups is 2. The fourth-order valence-corrected chi connectivity index (χ4v) is 4.89. The van der Waals surface area contributed by atoms with Crippen LogP contribution < -0.4 is 11.5 Å². The van der Waals surface area contributed by atoms with Gasteiger partial charge in [-0.2, -0.15) is 9.97 Å². The number of aliphatic hydroxyl groups excluding tert-OH is 2. The molecule has 0 saturated carbocycles. The van der Waals surface area contributed by atoms with Gasteiger partial charge in [0.2, 0.25) is 5.95 Å². The summed E-state index contributed by atoms with van der Waals surface area (Å²) >= 11 is 0. The average Bonchev–Trinajstić information content (AvgIpc) is 3.48. The molecule has 190 valence electrons. The number of nitrogen functional groups attached to an aromatic ring is 2. The maximum Gasteiger partial charge on any atom is 0.285 e. The second-order valence-corrected chi connectivity index (χ2v) is 8.86. The Morgan fingerprint density at radius 1 is 1.14 bits per heavy atom. The van der Waals surface area contributed by atoms with Gasteiger partial charge in [0.25, 0.3) is 11.8 Å². The van der Waals surface area contributed by atoms with Crippen LogP contribution in [0.15, 0.2) is 30.6 Å². The molecule has 36 heavy (non-hydrogen) atoms. The number of hydrogen-bond acceptors (Lipinski definition) is 11. The summed E-state index contributed by atoms with van der Waals surface area (Å²) in [6.45, 7) is 1.49. The fourth-order valence-electron chi connectivity index (χ4n) is 4.89. The van der Waals surface area contributed by atoms with Gasteiger partial charge in [-0.15, -0.1) is 5.06 Å². The van der Waals surface area contributed by atoms with E-state index in [0.717, 1.165) is 12.8 Å². The highest BCUT2D eigenvalue weighted by atomic mass is 16.7. The molecule has 0 unspecified atom stereocenters. The normalized spacial score (nSPS) is 25.8. The van der Waals surface area contributed by atoms with E-state index in [-0.39, 0.29) is 40.5 Å².